The van der Waals surface area contributed by atoms with Gasteiger partial charge in [-0.05, 0) is 25.0 Å². The molecule has 0 fully saturated rings. The maximum absolute atomic E-state index is 5.78. The van der Waals surface area contributed by atoms with Gasteiger partial charge in [0.1, 0.15) is 5.82 Å². The standard InChI is InChI=1S/C14H15ClN2/c1-3-11-4-6-12(7-5-11)13-8-10(2)16-14(9-15)17-13/h4-8H,3,9H2,1-2H3. The summed E-state index contributed by atoms with van der Waals surface area (Å²) in [6.07, 6.45) is 1.05. The first kappa shape index (κ1) is 12.1. The second-order valence-corrected chi connectivity index (χ2v) is 4.26. The van der Waals surface area contributed by atoms with Crippen molar-refractivity contribution in [3.05, 3.63) is 47.4 Å². The fourth-order valence-corrected chi connectivity index (χ4v) is 1.87. The molecule has 0 radical (unpaired) electrons. The molecule has 2 aromatic rings. The molecule has 0 saturated carbocycles. The number of nitrogens with zero attached hydrogens (tertiary/aromatic N) is 2. The van der Waals surface area contributed by atoms with Gasteiger partial charge in [-0.15, -0.1) is 11.6 Å². The van der Waals surface area contributed by atoms with Crippen LogP contribution in [0.1, 0.15) is 24.0 Å². The summed E-state index contributed by atoms with van der Waals surface area (Å²) in [5.41, 5.74) is 4.33. The molecule has 17 heavy (non-hydrogen) atoms. The summed E-state index contributed by atoms with van der Waals surface area (Å²) in [6, 6.07) is 10.4. The molecule has 0 aliphatic carbocycles. The zero-order valence-electron chi connectivity index (χ0n) is 10.1. The van der Waals surface area contributed by atoms with E-state index in [1.165, 1.54) is 5.56 Å². The summed E-state index contributed by atoms with van der Waals surface area (Å²) in [5.74, 6) is 1.03. The third kappa shape index (κ3) is 2.83. The quantitative estimate of drug-likeness (QED) is 0.771. The van der Waals surface area contributed by atoms with E-state index in [2.05, 4.69) is 41.2 Å². The number of halogens is 1. The molecular formula is C14H15ClN2. The third-order valence-corrected chi connectivity index (χ3v) is 2.92. The van der Waals surface area contributed by atoms with Crippen molar-refractivity contribution in [3.63, 3.8) is 0 Å². The molecular weight excluding hydrogens is 232 g/mol. The van der Waals surface area contributed by atoms with Crippen LogP contribution in [0.25, 0.3) is 11.3 Å². The first-order chi connectivity index (χ1) is 8.22. The molecule has 0 aliphatic rings. The molecule has 3 heteroatoms. The van der Waals surface area contributed by atoms with E-state index in [0.29, 0.717) is 11.7 Å². The SMILES string of the molecule is CCc1ccc(-c2cc(C)nc(CCl)n2)cc1. The number of alkyl halides is 1. The van der Waals surface area contributed by atoms with Crippen molar-refractivity contribution < 1.29 is 0 Å². The van der Waals surface area contributed by atoms with Crippen molar-refractivity contribution in [3.8, 4) is 11.3 Å². The predicted molar refractivity (Wildman–Crippen MR) is 71.1 cm³/mol. The van der Waals surface area contributed by atoms with Crippen molar-refractivity contribution >= 4 is 11.6 Å². The van der Waals surface area contributed by atoms with Gasteiger partial charge in [0.15, 0.2) is 0 Å². The lowest BCUT2D eigenvalue weighted by molar-refractivity contribution is 0.996. The van der Waals surface area contributed by atoms with Gasteiger partial charge >= 0.3 is 0 Å². The summed E-state index contributed by atoms with van der Waals surface area (Å²) < 4.78 is 0. The van der Waals surface area contributed by atoms with Gasteiger partial charge in [0, 0.05) is 11.3 Å². The normalized spacial score (nSPS) is 10.5. The van der Waals surface area contributed by atoms with Gasteiger partial charge in [0.25, 0.3) is 0 Å². The molecule has 1 aromatic carbocycles. The average Bonchev–Trinajstić information content (AvgIpc) is 2.38. The van der Waals surface area contributed by atoms with Crippen LogP contribution in [0.15, 0.2) is 30.3 Å². The van der Waals surface area contributed by atoms with E-state index < -0.39 is 0 Å². The highest BCUT2D eigenvalue weighted by atomic mass is 35.5. The van der Waals surface area contributed by atoms with Crippen LogP contribution in [0, 0.1) is 6.92 Å². The van der Waals surface area contributed by atoms with Gasteiger partial charge in [0.2, 0.25) is 0 Å². The lowest BCUT2D eigenvalue weighted by atomic mass is 10.1. The maximum Gasteiger partial charge on any atom is 0.143 e. The Morgan fingerprint density at radius 1 is 1.12 bits per heavy atom. The molecule has 0 saturated heterocycles. The summed E-state index contributed by atoms with van der Waals surface area (Å²) in [4.78, 5) is 8.70. The van der Waals surface area contributed by atoms with Crippen molar-refractivity contribution in [2.75, 3.05) is 0 Å². The van der Waals surface area contributed by atoms with Gasteiger partial charge in [-0.25, -0.2) is 9.97 Å². The minimum atomic E-state index is 0.349. The number of hydrogen-bond donors (Lipinski definition) is 0. The molecule has 0 aliphatic heterocycles. The Morgan fingerprint density at radius 3 is 2.41 bits per heavy atom. The van der Waals surface area contributed by atoms with Gasteiger partial charge < -0.3 is 0 Å². The zero-order valence-corrected chi connectivity index (χ0v) is 10.8. The second-order valence-electron chi connectivity index (χ2n) is 3.99. The fraction of sp³-hybridized carbons (Fsp3) is 0.286. The summed E-state index contributed by atoms with van der Waals surface area (Å²) in [6.45, 7) is 4.11. The lowest BCUT2D eigenvalue weighted by Gasteiger charge is -2.05. The van der Waals surface area contributed by atoms with Crippen LogP contribution in [-0.4, -0.2) is 9.97 Å². The van der Waals surface area contributed by atoms with Crippen molar-refractivity contribution in [1.29, 1.82) is 0 Å². The highest BCUT2D eigenvalue weighted by Crippen LogP contribution is 2.19. The molecule has 0 amide bonds. The number of aryl methyl sites for hydroxylation is 2. The highest BCUT2D eigenvalue weighted by Gasteiger charge is 2.03. The Kier molecular flexibility index (Phi) is 3.75. The minimum absolute atomic E-state index is 0.349. The van der Waals surface area contributed by atoms with Crippen molar-refractivity contribution in [2.45, 2.75) is 26.1 Å². The van der Waals surface area contributed by atoms with E-state index in [4.69, 9.17) is 11.6 Å². The van der Waals surface area contributed by atoms with Crippen LogP contribution < -0.4 is 0 Å². The van der Waals surface area contributed by atoms with Crippen molar-refractivity contribution in [2.24, 2.45) is 0 Å². The zero-order chi connectivity index (χ0) is 12.3. The molecule has 0 unspecified atom stereocenters. The molecule has 1 heterocycles. The van der Waals surface area contributed by atoms with Crippen LogP contribution >= 0.6 is 11.6 Å². The molecule has 88 valence electrons. The van der Waals surface area contributed by atoms with E-state index >= 15 is 0 Å². The summed E-state index contributed by atoms with van der Waals surface area (Å²) in [7, 11) is 0. The first-order valence-corrected chi connectivity index (χ1v) is 6.26. The summed E-state index contributed by atoms with van der Waals surface area (Å²) >= 11 is 5.78. The second kappa shape index (κ2) is 5.28. The molecule has 0 spiro atoms. The Balaban J connectivity index is 2.41. The maximum atomic E-state index is 5.78. The van der Waals surface area contributed by atoms with Crippen molar-refractivity contribution in [1.82, 2.24) is 9.97 Å². The molecule has 0 N–H and O–H groups in total. The molecule has 0 bridgehead atoms. The van der Waals surface area contributed by atoms with Crippen LogP contribution in [0.2, 0.25) is 0 Å². The largest absolute Gasteiger partial charge is 0.237 e. The van der Waals surface area contributed by atoms with Gasteiger partial charge in [-0.1, -0.05) is 31.2 Å². The predicted octanol–water partition coefficient (Wildman–Crippen LogP) is 3.75. The van der Waals surface area contributed by atoms with Crippen LogP contribution in [0.4, 0.5) is 0 Å². The number of rotatable bonds is 3. The smallest absolute Gasteiger partial charge is 0.143 e. The molecule has 0 atom stereocenters. The number of hydrogen-bond acceptors (Lipinski definition) is 2. The van der Waals surface area contributed by atoms with E-state index in [1.54, 1.807) is 0 Å². The number of aromatic nitrogens is 2. The minimum Gasteiger partial charge on any atom is -0.237 e. The lowest BCUT2D eigenvalue weighted by Crippen LogP contribution is -1.96. The Bertz CT molecular complexity index is 506. The monoisotopic (exact) mass is 246 g/mol. The van der Waals surface area contributed by atoms with Crippen LogP contribution in [-0.2, 0) is 12.3 Å². The Hall–Kier alpha value is -1.41. The Labute approximate surface area is 107 Å². The average molecular weight is 247 g/mol. The van der Waals surface area contributed by atoms with E-state index in [-0.39, 0.29) is 0 Å². The number of benzene rings is 1. The molecule has 1 aromatic heterocycles. The third-order valence-electron chi connectivity index (χ3n) is 2.68. The van der Waals surface area contributed by atoms with Gasteiger partial charge in [-0.2, -0.15) is 0 Å². The topological polar surface area (TPSA) is 25.8 Å². The van der Waals surface area contributed by atoms with E-state index in [0.717, 1.165) is 23.4 Å². The first-order valence-electron chi connectivity index (χ1n) is 5.72. The van der Waals surface area contributed by atoms with E-state index in [1.807, 2.05) is 13.0 Å². The summed E-state index contributed by atoms with van der Waals surface area (Å²) in [5, 5.41) is 0. The molecule has 2 rings (SSSR count). The highest BCUT2D eigenvalue weighted by molar-refractivity contribution is 6.16. The van der Waals surface area contributed by atoms with Crippen LogP contribution in [0.5, 0.6) is 0 Å². The van der Waals surface area contributed by atoms with Gasteiger partial charge in [0.05, 0.1) is 11.6 Å². The molecule has 2 nitrogen and oxygen atoms in total. The Morgan fingerprint density at radius 2 is 1.82 bits per heavy atom. The van der Waals surface area contributed by atoms with E-state index in [9.17, 15) is 0 Å². The van der Waals surface area contributed by atoms with Crippen LogP contribution in [0.3, 0.4) is 0 Å². The van der Waals surface area contributed by atoms with Gasteiger partial charge in [-0.3, -0.25) is 0 Å². The fourth-order valence-electron chi connectivity index (χ4n) is 1.75.